The maximum Gasteiger partial charge on any atom is 0.0783 e. The average molecular weight is 233 g/mol. The van der Waals surface area contributed by atoms with E-state index in [1.165, 1.54) is 27.5 Å². The first-order valence-electron chi connectivity index (χ1n) is 6.17. The largest absolute Gasteiger partial charge is 0.256 e. The molecule has 1 heterocycles. The monoisotopic (exact) mass is 233 g/mol. The Morgan fingerprint density at radius 3 is 2.56 bits per heavy atom. The molecule has 0 radical (unpaired) electrons. The highest BCUT2D eigenvalue weighted by Crippen LogP contribution is 2.29. The number of hydrogen-bond donors (Lipinski definition) is 0. The zero-order valence-corrected chi connectivity index (χ0v) is 10.6. The van der Waals surface area contributed by atoms with Crippen molar-refractivity contribution in [2.24, 2.45) is 0 Å². The van der Waals surface area contributed by atoms with Gasteiger partial charge in [-0.05, 0) is 36.9 Å². The van der Waals surface area contributed by atoms with E-state index in [-0.39, 0.29) is 0 Å². The molecule has 0 saturated carbocycles. The molecule has 2 aromatic carbocycles. The number of benzene rings is 2. The number of rotatable bonds is 1. The van der Waals surface area contributed by atoms with Crippen LogP contribution in [0, 0.1) is 13.8 Å². The van der Waals surface area contributed by atoms with E-state index < -0.39 is 0 Å². The van der Waals surface area contributed by atoms with Gasteiger partial charge in [0.05, 0.1) is 5.69 Å². The van der Waals surface area contributed by atoms with Gasteiger partial charge in [0.25, 0.3) is 0 Å². The first-order chi connectivity index (χ1) is 8.75. The van der Waals surface area contributed by atoms with Crippen molar-refractivity contribution in [3.05, 3.63) is 65.9 Å². The third kappa shape index (κ3) is 1.78. The van der Waals surface area contributed by atoms with E-state index in [0.29, 0.717) is 0 Å². The number of hydrogen-bond acceptors (Lipinski definition) is 1. The normalized spacial score (nSPS) is 10.8. The quantitative estimate of drug-likeness (QED) is 0.602. The molecule has 0 fully saturated rings. The lowest BCUT2D eigenvalue weighted by Gasteiger charge is -2.09. The first kappa shape index (κ1) is 11.0. The second kappa shape index (κ2) is 4.26. The topological polar surface area (TPSA) is 12.9 Å². The second-order valence-corrected chi connectivity index (χ2v) is 4.70. The Bertz CT molecular complexity index is 714. The molecule has 0 saturated heterocycles. The van der Waals surface area contributed by atoms with Crippen LogP contribution < -0.4 is 0 Å². The van der Waals surface area contributed by atoms with E-state index in [4.69, 9.17) is 0 Å². The van der Waals surface area contributed by atoms with E-state index in [1.807, 2.05) is 6.20 Å². The highest BCUT2D eigenvalue weighted by atomic mass is 14.7. The minimum Gasteiger partial charge on any atom is -0.256 e. The van der Waals surface area contributed by atoms with Gasteiger partial charge < -0.3 is 0 Å². The summed E-state index contributed by atoms with van der Waals surface area (Å²) in [6.07, 6.45) is 1.89. The van der Waals surface area contributed by atoms with Crippen LogP contribution in [0.1, 0.15) is 11.1 Å². The van der Waals surface area contributed by atoms with E-state index in [2.05, 4.69) is 67.4 Å². The summed E-state index contributed by atoms with van der Waals surface area (Å²) in [5.41, 5.74) is 4.83. The summed E-state index contributed by atoms with van der Waals surface area (Å²) in [6.45, 7) is 4.25. The van der Waals surface area contributed by atoms with Crippen LogP contribution >= 0.6 is 0 Å². The molecule has 0 atom stereocenters. The Balaban J connectivity index is 2.36. The molecule has 0 bridgehead atoms. The molecule has 1 aromatic heterocycles. The van der Waals surface area contributed by atoms with Crippen molar-refractivity contribution >= 4 is 10.8 Å². The lowest BCUT2D eigenvalue weighted by Crippen LogP contribution is -1.89. The molecule has 0 amide bonds. The van der Waals surface area contributed by atoms with Crippen molar-refractivity contribution in [1.82, 2.24) is 4.98 Å². The fraction of sp³-hybridized carbons (Fsp3) is 0.118. The molecule has 3 rings (SSSR count). The Kier molecular flexibility index (Phi) is 2.60. The molecule has 0 unspecified atom stereocenters. The van der Waals surface area contributed by atoms with Gasteiger partial charge in [0, 0.05) is 17.1 Å². The number of aryl methyl sites for hydroxylation is 2. The molecule has 0 N–H and O–H groups in total. The smallest absolute Gasteiger partial charge is 0.0783 e. The van der Waals surface area contributed by atoms with Crippen LogP contribution in [0.4, 0.5) is 0 Å². The van der Waals surface area contributed by atoms with Crippen LogP contribution in [0.2, 0.25) is 0 Å². The molecule has 1 heteroatoms. The van der Waals surface area contributed by atoms with E-state index in [0.717, 1.165) is 5.69 Å². The standard InChI is InChI=1S/C17H15N/c1-12-7-8-14-9-10-18-17(16(14)11-12)15-6-4-3-5-13(15)2/h3-11H,1-2H3. The Morgan fingerprint density at radius 2 is 1.72 bits per heavy atom. The number of fused-ring (bicyclic) bond motifs is 1. The first-order valence-corrected chi connectivity index (χ1v) is 6.17. The molecular formula is C17H15N. The van der Waals surface area contributed by atoms with Gasteiger partial charge in [-0.3, -0.25) is 4.98 Å². The van der Waals surface area contributed by atoms with Gasteiger partial charge in [0.1, 0.15) is 0 Å². The van der Waals surface area contributed by atoms with Gasteiger partial charge in [-0.2, -0.15) is 0 Å². The predicted molar refractivity (Wildman–Crippen MR) is 76.7 cm³/mol. The van der Waals surface area contributed by atoms with Crippen molar-refractivity contribution < 1.29 is 0 Å². The van der Waals surface area contributed by atoms with Crippen molar-refractivity contribution in [2.75, 3.05) is 0 Å². The highest BCUT2D eigenvalue weighted by molar-refractivity contribution is 5.95. The predicted octanol–water partition coefficient (Wildman–Crippen LogP) is 4.52. The van der Waals surface area contributed by atoms with Crippen LogP contribution in [0.3, 0.4) is 0 Å². The molecule has 88 valence electrons. The zero-order chi connectivity index (χ0) is 12.5. The Morgan fingerprint density at radius 1 is 0.889 bits per heavy atom. The van der Waals surface area contributed by atoms with Gasteiger partial charge in [0.15, 0.2) is 0 Å². The minimum atomic E-state index is 1.08. The fourth-order valence-electron chi connectivity index (χ4n) is 2.34. The maximum atomic E-state index is 4.58. The summed E-state index contributed by atoms with van der Waals surface area (Å²) in [5.74, 6) is 0. The number of nitrogens with zero attached hydrogens (tertiary/aromatic N) is 1. The Hall–Kier alpha value is -2.15. The summed E-state index contributed by atoms with van der Waals surface area (Å²) in [5, 5.41) is 2.47. The number of aromatic nitrogens is 1. The van der Waals surface area contributed by atoms with Crippen LogP contribution in [0.5, 0.6) is 0 Å². The van der Waals surface area contributed by atoms with Crippen LogP contribution in [0.15, 0.2) is 54.7 Å². The zero-order valence-electron chi connectivity index (χ0n) is 10.6. The third-order valence-electron chi connectivity index (χ3n) is 3.32. The molecule has 0 aliphatic heterocycles. The fourth-order valence-corrected chi connectivity index (χ4v) is 2.34. The summed E-state index contributed by atoms with van der Waals surface area (Å²) in [7, 11) is 0. The molecule has 3 aromatic rings. The van der Waals surface area contributed by atoms with E-state index in [9.17, 15) is 0 Å². The molecule has 0 spiro atoms. The molecular weight excluding hydrogens is 218 g/mol. The van der Waals surface area contributed by atoms with Crippen LogP contribution in [-0.4, -0.2) is 4.98 Å². The van der Waals surface area contributed by atoms with Crippen molar-refractivity contribution in [1.29, 1.82) is 0 Å². The SMILES string of the molecule is Cc1ccc2ccnc(-c3ccccc3C)c2c1. The molecule has 0 aliphatic carbocycles. The third-order valence-corrected chi connectivity index (χ3v) is 3.32. The average Bonchev–Trinajstić information content (AvgIpc) is 2.39. The molecule has 18 heavy (non-hydrogen) atoms. The summed E-state index contributed by atoms with van der Waals surface area (Å²) in [6, 6.07) is 17.0. The molecule has 1 nitrogen and oxygen atoms in total. The highest BCUT2D eigenvalue weighted by Gasteiger charge is 2.07. The maximum absolute atomic E-state index is 4.58. The lowest BCUT2D eigenvalue weighted by atomic mass is 9.99. The van der Waals surface area contributed by atoms with Gasteiger partial charge in [-0.25, -0.2) is 0 Å². The summed E-state index contributed by atoms with van der Waals surface area (Å²) >= 11 is 0. The van der Waals surface area contributed by atoms with Gasteiger partial charge >= 0.3 is 0 Å². The van der Waals surface area contributed by atoms with Crippen LogP contribution in [0.25, 0.3) is 22.0 Å². The Labute approximate surface area is 107 Å². The van der Waals surface area contributed by atoms with E-state index >= 15 is 0 Å². The van der Waals surface area contributed by atoms with Gasteiger partial charge in [0.2, 0.25) is 0 Å². The van der Waals surface area contributed by atoms with Gasteiger partial charge in [-0.15, -0.1) is 0 Å². The minimum absolute atomic E-state index is 1.08. The second-order valence-electron chi connectivity index (χ2n) is 4.70. The van der Waals surface area contributed by atoms with Gasteiger partial charge in [-0.1, -0.05) is 42.0 Å². The van der Waals surface area contributed by atoms with Crippen LogP contribution in [-0.2, 0) is 0 Å². The number of pyridine rings is 1. The van der Waals surface area contributed by atoms with Crippen molar-refractivity contribution in [3.63, 3.8) is 0 Å². The lowest BCUT2D eigenvalue weighted by molar-refractivity contribution is 1.33. The van der Waals surface area contributed by atoms with Crippen molar-refractivity contribution in [2.45, 2.75) is 13.8 Å². The summed E-state index contributed by atoms with van der Waals surface area (Å²) in [4.78, 5) is 4.58. The summed E-state index contributed by atoms with van der Waals surface area (Å²) < 4.78 is 0. The van der Waals surface area contributed by atoms with E-state index in [1.54, 1.807) is 0 Å². The van der Waals surface area contributed by atoms with Crippen molar-refractivity contribution in [3.8, 4) is 11.3 Å². The molecule has 0 aliphatic rings.